The minimum Gasteiger partial charge on any atom is -0.314 e. The topological polar surface area (TPSA) is 49.4 Å². The first-order valence-corrected chi connectivity index (χ1v) is 5.00. The molecule has 0 amide bonds. The summed E-state index contributed by atoms with van der Waals surface area (Å²) in [5.41, 5.74) is 0. The van der Waals surface area contributed by atoms with Gasteiger partial charge < -0.3 is 5.32 Å². The molecule has 12 heavy (non-hydrogen) atoms. The zero-order valence-electron chi connectivity index (χ0n) is 6.69. The lowest BCUT2D eigenvalue weighted by atomic mass is 10.4. The van der Waals surface area contributed by atoms with E-state index in [-0.39, 0.29) is 12.4 Å². The van der Waals surface area contributed by atoms with E-state index in [9.17, 15) is 8.42 Å². The zero-order chi connectivity index (χ0) is 8.32. The van der Waals surface area contributed by atoms with Crippen molar-refractivity contribution in [2.45, 2.75) is 0 Å². The summed E-state index contributed by atoms with van der Waals surface area (Å²) in [7, 11) is -3.16. The minimum atomic E-state index is -3.16. The van der Waals surface area contributed by atoms with Crippen LogP contribution in [0.4, 0.5) is 0 Å². The molecule has 1 saturated heterocycles. The van der Waals surface area contributed by atoms with Crippen LogP contribution in [0.2, 0.25) is 0 Å². The highest BCUT2D eigenvalue weighted by molar-refractivity contribution is 7.92. The summed E-state index contributed by atoms with van der Waals surface area (Å²) in [5.74, 6) is 0. The molecule has 0 aromatic heterocycles. The van der Waals surface area contributed by atoms with E-state index in [0.717, 1.165) is 18.5 Å². The average Bonchev–Trinajstić information content (AvgIpc) is 2.06. The number of sulfonamides is 1. The van der Waals surface area contributed by atoms with Crippen LogP contribution in [-0.2, 0) is 10.0 Å². The number of nitrogens with one attached hydrogen (secondary N) is 1. The second-order valence-electron chi connectivity index (χ2n) is 2.36. The molecule has 4 nitrogen and oxygen atoms in total. The summed E-state index contributed by atoms with van der Waals surface area (Å²) in [5, 5.41) is 4.07. The predicted molar refractivity (Wildman–Crippen MR) is 50.8 cm³/mol. The third-order valence-corrected chi connectivity index (χ3v) is 3.15. The zero-order valence-corrected chi connectivity index (χ0v) is 8.33. The van der Waals surface area contributed by atoms with Crippen LogP contribution in [0.1, 0.15) is 0 Å². The molecule has 1 N–H and O–H groups in total. The number of hydrogen-bond acceptors (Lipinski definition) is 3. The van der Waals surface area contributed by atoms with Crippen molar-refractivity contribution in [3.63, 3.8) is 0 Å². The SMILES string of the molecule is C=CS(=O)(=O)N1CCNCC1.Cl. The summed E-state index contributed by atoms with van der Waals surface area (Å²) < 4.78 is 23.7. The van der Waals surface area contributed by atoms with Gasteiger partial charge in [0.2, 0.25) is 10.0 Å². The number of hydrogen-bond donors (Lipinski definition) is 1. The Balaban J connectivity index is 0.00000121. The van der Waals surface area contributed by atoms with E-state index >= 15 is 0 Å². The molecule has 1 aliphatic heterocycles. The normalized spacial score (nSPS) is 19.7. The van der Waals surface area contributed by atoms with Crippen molar-refractivity contribution in [1.29, 1.82) is 0 Å². The first-order chi connectivity index (χ1) is 5.17. The van der Waals surface area contributed by atoms with Crippen molar-refractivity contribution in [2.24, 2.45) is 0 Å². The fourth-order valence-corrected chi connectivity index (χ4v) is 1.91. The Kier molecular flexibility index (Phi) is 4.77. The van der Waals surface area contributed by atoms with Gasteiger partial charge in [-0.2, -0.15) is 4.31 Å². The van der Waals surface area contributed by atoms with E-state index in [2.05, 4.69) is 11.9 Å². The van der Waals surface area contributed by atoms with Crippen LogP contribution < -0.4 is 5.32 Å². The number of rotatable bonds is 2. The van der Waals surface area contributed by atoms with E-state index in [1.165, 1.54) is 4.31 Å². The Bertz CT molecular complexity index is 234. The van der Waals surface area contributed by atoms with Crippen molar-refractivity contribution in [1.82, 2.24) is 9.62 Å². The van der Waals surface area contributed by atoms with Gasteiger partial charge in [0.25, 0.3) is 0 Å². The van der Waals surface area contributed by atoms with Gasteiger partial charge in [0.1, 0.15) is 0 Å². The van der Waals surface area contributed by atoms with E-state index in [1.807, 2.05) is 0 Å². The molecule has 0 unspecified atom stereocenters. The van der Waals surface area contributed by atoms with Crippen molar-refractivity contribution >= 4 is 22.4 Å². The highest BCUT2D eigenvalue weighted by atomic mass is 35.5. The van der Waals surface area contributed by atoms with Gasteiger partial charge in [-0.1, -0.05) is 6.58 Å². The van der Waals surface area contributed by atoms with Crippen LogP contribution in [0.3, 0.4) is 0 Å². The molecule has 1 heterocycles. The van der Waals surface area contributed by atoms with Gasteiger partial charge in [-0.05, 0) is 0 Å². The number of nitrogens with zero attached hydrogens (tertiary/aromatic N) is 1. The molecule has 1 fully saturated rings. The fourth-order valence-electron chi connectivity index (χ4n) is 1.00. The smallest absolute Gasteiger partial charge is 0.235 e. The molecule has 0 spiro atoms. The number of halogens is 1. The van der Waals surface area contributed by atoms with Crippen molar-refractivity contribution in [3.8, 4) is 0 Å². The van der Waals surface area contributed by atoms with Gasteiger partial charge in [0, 0.05) is 31.6 Å². The van der Waals surface area contributed by atoms with E-state index < -0.39 is 10.0 Å². The average molecular weight is 213 g/mol. The molecule has 0 aromatic rings. The molecule has 1 rings (SSSR count). The molecular formula is C6H13ClN2O2S. The second kappa shape index (κ2) is 4.81. The fraction of sp³-hybridized carbons (Fsp3) is 0.667. The summed E-state index contributed by atoms with van der Waals surface area (Å²) in [6, 6.07) is 0. The quantitative estimate of drug-likeness (QED) is 0.689. The van der Waals surface area contributed by atoms with Gasteiger partial charge in [-0.15, -0.1) is 12.4 Å². The maximum Gasteiger partial charge on any atom is 0.235 e. The Hall–Kier alpha value is -0.100. The Labute approximate surface area is 79.1 Å². The lowest BCUT2D eigenvalue weighted by molar-refractivity contribution is 0.364. The molecular weight excluding hydrogens is 200 g/mol. The largest absolute Gasteiger partial charge is 0.314 e. The minimum absolute atomic E-state index is 0. The third kappa shape index (κ3) is 2.75. The first kappa shape index (κ1) is 11.9. The summed E-state index contributed by atoms with van der Waals surface area (Å²) in [6.45, 7) is 5.82. The van der Waals surface area contributed by atoms with Gasteiger partial charge in [0.05, 0.1) is 0 Å². The Morgan fingerprint density at radius 2 is 1.83 bits per heavy atom. The van der Waals surface area contributed by atoms with Crippen molar-refractivity contribution in [2.75, 3.05) is 26.2 Å². The van der Waals surface area contributed by atoms with Gasteiger partial charge in [-0.3, -0.25) is 0 Å². The van der Waals surface area contributed by atoms with Crippen molar-refractivity contribution in [3.05, 3.63) is 12.0 Å². The van der Waals surface area contributed by atoms with Crippen LogP contribution in [0.15, 0.2) is 12.0 Å². The van der Waals surface area contributed by atoms with Crippen molar-refractivity contribution < 1.29 is 8.42 Å². The lowest BCUT2D eigenvalue weighted by Crippen LogP contribution is -2.45. The standard InChI is InChI=1S/C6H12N2O2S.ClH/c1-2-11(9,10)8-5-3-7-4-6-8;/h2,7H,1,3-6H2;1H. The highest BCUT2D eigenvalue weighted by Crippen LogP contribution is 2.02. The Morgan fingerprint density at radius 1 is 1.33 bits per heavy atom. The van der Waals surface area contributed by atoms with Crippen LogP contribution >= 0.6 is 12.4 Å². The summed E-state index contributed by atoms with van der Waals surface area (Å²) >= 11 is 0. The molecule has 0 radical (unpaired) electrons. The predicted octanol–water partition coefficient (Wildman–Crippen LogP) is -0.213. The third-order valence-electron chi connectivity index (χ3n) is 1.65. The second-order valence-corrected chi connectivity index (χ2v) is 4.24. The molecule has 0 bridgehead atoms. The Morgan fingerprint density at radius 3 is 2.25 bits per heavy atom. The van der Waals surface area contributed by atoms with E-state index in [0.29, 0.717) is 13.1 Å². The van der Waals surface area contributed by atoms with Crippen LogP contribution in [0, 0.1) is 0 Å². The van der Waals surface area contributed by atoms with Crippen LogP contribution in [-0.4, -0.2) is 38.9 Å². The molecule has 0 aliphatic carbocycles. The van der Waals surface area contributed by atoms with Crippen LogP contribution in [0.5, 0.6) is 0 Å². The van der Waals surface area contributed by atoms with Crippen LogP contribution in [0.25, 0.3) is 0 Å². The first-order valence-electron chi connectivity index (χ1n) is 3.50. The van der Waals surface area contributed by atoms with Gasteiger partial charge in [-0.25, -0.2) is 8.42 Å². The molecule has 6 heteroatoms. The molecule has 0 saturated carbocycles. The molecule has 1 aliphatic rings. The van der Waals surface area contributed by atoms with Gasteiger partial charge >= 0.3 is 0 Å². The summed E-state index contributed by atoms with van der Waals surface area (Å²) in [6.07, 6.45) is 0. The number of piperazine rings is 1. The highest BCUT2D eigenvalue weighted by Gasteiger charge is 2.19. The molecule has 72 valence electrons. The maximum absolute atomic E-state index is 11.1. The monoisotopic (exact) mass is 212 g/mol. The molecule has 0 aromatic carbocycles. The maximum atomic E-state index is 11.1. The van der Waals surface area contributed by atoms with E-state index in [4.69, 9.17) is 0 Å². The van der Waals surface area contributed by atoms with Gasteiger partial charge in [0.15, 0.2) is 0 Å². The molecule has 0 atom stereocenters. The van der Waals surface area contributed by atoms with E-state index in [1.54, 1.807) is 0 Å². The lowest BCUT2D eigenvalue weighted by Gasteiger charge is -2.24. The summed E-state index contributed by atoms with van der Waals surface area (Å²) in [4.78, 5) is 0.